The zero-order chi connectivity index (χ0) is 28.0. The van der Waals surface area contributed by atoms with Gasteiger partial charge in [-0.1, -0.05) is 6.07 Å². The van der Waals surface area contributed by atoms with Crippen molar-refractivity contribution >= 4 is 27.5 Å². The van der Waals surface area contributed by atoms with Crippen LogP contribution in [0.2, 0.25) is 0 Å². The molecule has 204 valence electrons. The van der Waals surface area contributed by atoms with Gasteiger partial charge in [0.15, 0.2) is 0 Å². The number of pyridine rings is 2. The Bertz CT molecular complexity index is 1810. The van der Waals surface area contributed by atoms with Crippen LogP contribution in [0.4, 0.5) is 18.9 Å². The van der Waals surface area contributed by atoms with Crippen molar-refractivity contribution in [1.29, 1.82) is 0 Å². The normalized spacial score (nSPS) is 14.2. The van der Waals surface area contributed by atoms with Crippen molar-refractivity contribution in [1.82, 2.24) is 24.8 Å². The lowest BCUT2D eigenvalue weighted by molar-refractivity contribution is -0.137. The lowest BCUT2D eigenvalue weighted by atomic mass is 10.0. The number of alkyl halides is 3. The number of aromatic nitrogens is 4. The second-order valence-electron chi connectivity index (χ2n) is 9.58. The fourth-order valence-corrected chi connectivity index (χ4v) is 5.21. The molecule has 1 saturated heterocycles. The van der Waals surface area contributed by atoms with E-state index < -0.39 is 17.3 Å². The summed E-state index contributed by atoms with van der Waals surface area (Å²) >= 11 is 0. The number of ether oxygens (including phenoxy) is 1. The molecule has 0 bridgehead atoms. The second kappa shape index (κ2) is 9.91. The predicted molar refractivity (Wildman–Crippen MR) is 147 cm³/mol. The van der Waals surface area contributed by atoms with Gasteiger partial charge in [0.05, 0.1) is 35.0 Å². The average molecular weight is 547 g/mol. The van der Waals surface area contributed by atoms with Crippen molar-refractivity contribution in [2.24, 2.45) is 0 Å². The van der Waals surface area contributed by atoms with Crippen molar-refractivity contribution < 1.29 is 17.9 Å². The van der Waals surface area contributed by atoms with Gasteiger partial charge >= 0.3 is 6.18 Å². The fourth-order valence-electron chi connectivity index (χ4n) is 5.21. The molecule has 1 fully saturated rings. The Kier molecular flexibility index (Phi) is 6.38. The molecule has 0 spiro atoms. The summed E-state index contributed by atoms with van der Waals surface area (Å²) in [6, 6.07) is 12.5. The molecule has 3 aromatic heterocycles. The summed E-state index contributed by atoms with van der Waals surface area (Å²) in [6.07, 6.45) is -1.34. The van der Waals surface area contributed by atoms with Crippen LogP contribution >= 0.6 is 0 Å². The number of piperazine rings is 1. The molecular weight excluding hydrogens is 521 g/mol. The van der Waals surface area contributed by atoms with Gasteiger partial charge in [-0.3, -0.25) is 14.3 Å². The molecule has 0 amide bonds. The molecule has 11 heteroatoms. The summed E-state index contributed by atoms with van der Waals surface area (Å²) in [5.41, 5.74) is 1.37. The molecule has 1 aliphatic heterocycles. The van der Waals surface area contributed by atoms with Crippen LogP contribution in [0.5, 0.6) is 5.88 Å². The lowest BCUT2D eigenvalue weighted by Crippen LogP contribution is -2.44. The van der Waals surface area contributed by atoms with Crippen molar-refractivity contribution in [2.75, 3.05) is 38.2 Å². The Morgan fingerprint density at radius 3 is 2.52 bits per heavy atom. The van der Waals surface area contributed by atoms with Crippen LogP contribution in [0.15, 0.2) is 65.7 Å². The van der Waals surface area contributed by atoms with Crippen molar-refractivity contribution in [3.8, 4) is 22.7 Å². The van der Waals surface area contributed by atoms with Crippen LogP contribution in [0, 0.1) is 6.92 Å². The maximum atomic E-state index is 14.3. The van der Waals surface area contributed by atoms with E-state index in [1.165, 1.54) is 23.8 Å². The van der Waals surface area contributed by atoms with E-state index in [0.717, 1.165) is 6.07 Å². The highest BCUT2D eigenvalue weighted by Gasteiger charge is 2.36. The molecule has 8 nitrogen and oxygen atoms in total. The van der Waals surface area contributed by atoms with Gasteiger partial charge in [0.25, 0.3) is 5.56 Å². The first-order valence-corrected chi connectivity index (χ1v) is 12.7. The molecule has 1 aliphatic rings. The zero-order valence-electron chi connectivity index (χ0n) is 21.8. The van der Waals surface area contributed by atoms with E-state index >= 15 is 0 Å². The third kappa shape index (κ3) is 4.51. The molecule has 6 rings (SSSR count). The topological polar surface area (TPSA) is 85.2 Å². The van der Waals surface area contributed by atoms with Gasteiger partial charge in [-0.2, -0.15) is 18.2 Å². The summed E-state index contributed by atoms with van der Waals surface area (Å²) in [4.78, 5) is 28.2. The molecule has 1 N–H and O–H groups in total. The van der Waals surface area contributed by atoms with E-state index in [2.05, 4.69) is 20.3 Å². The van der Waals surface area contributed by atoms with Gasteiger partial charge in [0.2, 0.25) is 5.88 Å². The smallest absolute Gasteiger partial charge is 0.418 e. The molecular formula is C29H25F3N6O2. The number of hydrogen-bond donors (Lipinski definition) is 1. The average Bonchev–Trinajstić information content (AvgIpc) is 2.96. The summed E-state index contributed by atoms with van der Waals surface area (Å²) < 4.78 is 49.8. The van der Waals surface area contributed by atoms with Crippen molar-refractivity contribution in [2.45, 2.75) is 13.1 Å². The number of rotatable bonds is 4. The number of halogens is 3. The first-order valence-electron chi connectivity index (χ1n) is 12.7. The Morgan fingerprint density at radius 1 is 0.975 bits per heavy atom. The summed E-state index contributed by atoms with van der Waals surface area (Å²) in [7, 11) is 1.52. The monoisotopic (exact) mass is 546 g/mol. The Labute approximate surface area is 227 Å². The third-order valence-electron chi connectivity index (χ3n) is 7.10. The Hall–Kier alpha value is -4.51. The predicted octanol–water partition coefficient (Wildman–Crippen LogP) is 4.74. The Balaban J connectivity index is 1.60. The lowest BCUT2D eigenvalue weighted by Gasteiger charge is -2.32. The molecule has 0 atom stereocenters. The van der Waals surface area contributed by atoms with Crippen LogP contribution < -0.4 is 20.5 Å². The summed E-state index contributed by atoms with van der Waals surface area (Å²) in [5, 5.41) is 4.36. The first kappa shape index (κ1) is 25.8. The van der Waals surface area contributed by atoms with Crippen LogP contribution in [0.25, 0.3) is 38.6 Å². The van der Waals surface area contributed by atoms with Crippen LogP contribution in [-0.2, 0) is 6.18 Å². The van der Waals surface area contributed by atoms with E-state index in [1.54, 1.807) is 42.4 Å². The van der Waals surface area contributed by atoms with Gasteiger partial charge in [0, 0.05) is 61.1 Å². The number of aryl methyl sites for hydroxylation is 1. The maximum absolute atomic E-state index is 14.3. The molecule has 0 radical (unpaired) electrons. The minimum Gasteiger partial charge on any atom is -0.480 e. The number of benzene rings is 2. The molecule has 5 aromatic rings. The highest BCUT2D eigenvalue weighted by atomic mass is 19.4. The number of fused-ring (bicyclic) bond motifs is 3. The van der Waals surface area contributed by atoms with E-state index in [9.17, 15) is 18.0 Å². The molecule has 0 aliphatic carbocycles. The second-order valence-corrected chi connectivity index (χ2v) is 9.58. The van der Waals surface area contributed by atoms with Gasteiger partial charge < -0.3 is 15.0 Å². The van der Waals surface area contributed by atoms with Crippen LogP contribution in [-0.4, -0.2) is 52.8 Å². The van der Waals surface area contributed by atoms with E-state index in [0.29, 0.717) is 70.8 Å². The zero-order valence-corrected chi connectivity index (χ0v) is 21.8. The highest BCUT2D eigenvalue weighted by Crippen LogP contribution is 2.39. The molecule has 0 unspecified atom stereocenters. The van der Waals surface area contributed by atoms with Gasteiger partial charge in [0.1, 0.15) is 5.82 Å². The van der Waals surface area contributed by atoms with E-state index in [1.807, 2.05) is 12.1 Å². The fraction of sp³-hybridized carbons (Fsp3) is 0.241. The minimum atomic E-state index is -4.61. The van der Waals surface area contributed by atoms with Gasteiger partial charge in [-0.05, 0) is 48.9 Å². The Morgan fingerprint density at radius 2 is 1.77 bits per heavy atom. The first-order chi connectivity index (χ1) is 19.2. The number of methoxy groups -OCH3 is 1. The van der Waals surface area contributed by atoms with E-state index in [-0.39, 0.29) is 11.4 Å². The minimum absolute atomic E-state index is 0.103. The largest absolute Gasteiger partial charge is 0.480 e. The number of nitrogens with zero attached hydrogens (tertiary/aromatic N) is 5. The van der Waals surface area contributed by atoms with Gasteiger partial charge in [-0.25, -0.2) is 4.98 Å². The number of hydrogen-bond acceptors (Lipinski definition) is 7. The quantitative estimate of drug-likeness (QED) is 0.326. The summed E-state index contributed by atoms with van der Waals surface area (Å²) in [5.74, 6) is 0.933. The third-order valence-corrected chi connectivity index (χ3v) is 7.10. The maximum Gasteiger partial charge on any atom is 0.418 e. The van der Waals surface area contributed by atoms with E-state index in [4.69, 9.17) is 4.74 Å². The molecule has 4 heterocycles. The van der Waals surface area contributed by atoms with Gasteiger partial charge in [-0.15, -0.1) is 0 Å². The number of nitrogens with one attached hydrogen (secondary N) is 1. The molecule has 0 saturated carbocycles. The van der Waals surface area contributed by atoms with Crippen LogP contribution in [0.3, 0.4) is 0 Å². The van der Waals surface area contributed by atoms with Crippen molar-refractivity contribution in [3.63, 3.8) is 0 Å². The van der Waals surface area contributed by atoms with Crippen molar-refractivity contribution in [3.05, 3.63) is 82.7 Å². The highest BCUT2D eigenvalue weighted by molar-refractivity contribution is 6.05. The molecule has 40 heavy (non-hydrogen) atoms. The summed E-state index contributed by atoms with van der Waals surface area (Å²) in [6.45, 7) is 3.87. The SMILES string of the molecule is COc1nc(C)ncc1-c1ccc2ncc3ccc(=O)n(-c4ccc(N5CCNCC5)c(C(F)(F)F)c4)c3c2c1. The standard InChI is InChI=1S/C29H25F3N6O2/c1-17-34-16-22(28(36-17)40-2)18-3-6-24-21(13-18)27-19(15-35-24)4-8-26(39)38(27)20-5-7-25(23(14-20)29(30,31)32)37-11-9-33-10-12-37/h3-8,13-16,33H,9-12H2,1-2H3. The number of anilines is 1. The molecule has 2 aromatic carbocycles. The van der Waals surface area contributed by atoms with Crippen LogP contribution in [0.1, 0.15) is 11.4 Å².